The van der Waals surface area contributed by atoms with Gasteiger partial charge in [-0.2, -0.15) is 0 Å². The number of nitrogens with two attached hydrogens (primary N) is 1. The maximum Gasteiger partial charge on any atom is 0.244 e. The fourth-order valence-corrected chi connectivity index (χ4v) is 3.62. The summed E-state index contributed by atoms with van der Waals surface area (Å²) in [6.45, 7) is 6.24. The van der Waals surface area contributed by atoms with E-state index >= 15 is 0 Å². The van der Waals surface area contributed by atoms with E-state index < -0.39 is 0 Å². The highest BCUT2D eigenvalue weighted by atomic mass is 16.2. The van der Waals surface area contributed by atoms with E-state index in [9.17, 15) is 4.79 Å². The first-order chi connectivity index (χ1) is 11.2. The van der Waals surface area contributed by atoms with Gasteiger partial charge in [-0.3, -0.25) is 9.69 Å². The van der Waals surface area contributed by atoms with Crippen molar-refractivity contribution in [2.45, 2.75) is 12.5 Å². The largest absolute Gasteiger partial charge is 0.341 e. The van der Waals surface area contributed by atoms with Gasteiger partial charge in [-0.25, -0.2) is 0 Å². The minimum absolute atomic E-state index is 0.151. The molecular formula is C18H28N4O. The number of carbonyl (C=O) groups is 1. The summed E-state index contributed by atoms with van der Waals surface area (Å²) in [7, 11) is 2.14. The molecule has 2 N–H and O–H groups in total. The average Bonchev–Trinajstić information content (AvgIpc) is 3.07. The van der Waals surface area contributed by atoms with Crippen molar-refractivity contribution >= 4 is 5.91 Å². The summed E-state index contributed by atoms with van der Waals surface area (Å²) in [5.41, 5.74) is 6.90. The zero-order valence-electron chi connectivity index (χ0n) is 14.0. The summed E-state index contributed by atoms with van der Waals surface area (Å²) < 4.78 is 0. The van der Waals surface area contributed by atoms with E-state index in [1.54, 1.807) is 0 Å². The lowest BCUT2D eigenvalue weighted by Crippen LogP contribution is -2.50. The topological polar surface area (TPSA) is 52.8 Å². The summed E-state index contributed by atoms with van der Waals surface area (Å²) in [4.78, 5) is 19.9. The number of amides is 1. The van der Waals surface area contributed by atoms with Gasteiger partial charge in [0.15, 0.2) is 0 Å². The predicted molar refractivity (Wildman–Crippen MR) is 92.0 cm³/mol. The molecule has 0 aromatic heterocycles. The van der Waals surface area contributed by atoms with E-state index in [1.165, 1.54) is 0 Å². The number of likely N-dealkylation sites (tertiary alicyclic amines) is 1. The van der Waals surface area contributed by atoms with Gasteiger partial charge >= 0.3 is 0 Å². The molecule has 2 heterocycles. The highest BCUT2D eigenvalue weighted by molar-refractivity contribution is 5.83. The number of hydrogen-bond acceptors (Lipinski definition) is 4. The molecule has 2 aliphatic heterocycles. The first kappa shape index (κ1) is 16.4. The SMILES string of the molecule is CN1CCN(C(C(=O)N2CCC(CN)C2)c2ccccc2)CC1. The molecule has 2 saturated heterocycles. The first-order valence-corrected chi connectivity index (χ1v) is 8.65. The summed E-state index contributed by atoms with van der Waals surface area (Å²) >= 11 is 0. The van der Waals surface area contributed by atoms with Crippen molar-refractivity contribution in [2.24, 2.45) is 11.7 Å². The van der Waals surface area contributed by atoms with Gasteiger partial charge in [0.2, 0.25) is 5.91 Å². The predicted octanol–water partition coefficient (Wildman–Crippen LogP) is 0.782. The highest BCUT2D eigenvalue weighted by Gasteiger charge is 2.35. The number of nitrogens with zero attached hydrogens (tertiary/aromatic N) is 3. The lowest BCUT2D eigenvalue weighted by atomic mass is 10.0. The Morgan fingerprint density at radius 1 is 1.17 bits per heavy atom. The second-order valence-electron chi connectivity index (χ2n) is 6.83. The molecule has 0 aliphatic carbocycles. The molecule has 2 aliphatic rings. The maximum atomic E-state index is 13.2. The standard InChI is InChI=1S/C18H28N4O/c1-20-9-11-21(12-10-20)17(16-5-3-2-4-6-16)18(23)22-8-7-15(13-19)14-22/h2-6,15,17H,7-14,19H2,1H3. The third kappa shape index (κ3) is 3.74. The van der Waals surface area contributed by atoms with Crippen LogP contribution in [0.25, 0.3) is 0 Å². The molecule has 0 bridgehead atoms. The number of carbonyl (C=O) groups excluding carboxylic acids is 1. The quantitative estimate of drug-likeness (QED) is 0.892. The van der Waals surface area contributed by atoms with E-state index in [1.807, 2.05) is 23.1 Å². The molecule has 0 radical (unpaired) electrons. The second kappa shape index (κ2) is 7.43. The molecule has 23 heavy (non-hydrogen) atoms. The third-order valence-corrected chi connectivity index (χ3v) is 5.18. The number of likely N-dealkylation sites (N-methyl/N-ethyl adjacent to an activating group) is 1. The molecule has 2 atom stereocenters. The molecule has 1 amide bonds. The van der Waals surface area contributed by atoms with Crippen LogP contribution in [0.15, 0.2) is 30.3 Å². The second-order valence-corrected chi connectivity index (χ2v) is 6.83. The van der Waals surface area contributed by atoms with Crippen LogP contribution in [0.5, 0.6) is 0 Å². The highest BCUT2D eigenvalue weighted by Crippen LogP contribution is 2.27. The molecule has 126 valence electrons. The van der Waals surface area contributed by atoms with Crippen LogP contribution in [0.1, 0.15) is 18.0 Å². The van der Waals surface area contributed by atoms with E-state index in [0.29, 0.717) is 12.5 Å². The maximum absolute atomic E-state index is 13.2. The number of benzene rings is 1. The minimum Gasteiger partial charge on any atom is -0.341 e. The van der Waals surface area contributed by atoms with E-state index in [-0.39, 0.29) is 11.9 Å². The van der Waals surface area contributed by atoms with Crippen molar-refractivity contribution in [1.82, 2.24) is 14.7 Å². The van der Waals surface area contributed by atoms with E-state index in [4.69, 9.17) is 5.73 Å². The average molecular weight is 316 g/mol. The Hall–Kier alpha value is -1.43. The molecule has 0 saturated carbocycles. The van der Waals surface area contributed by atoms with Gasteiger partial charge in [0.05, 0.1) is 0 Å². The van der Waals surface area contributed by atoms with Crippen molar-refractivity contribution in [3.63, 3.8) is 0 Å². The smallest absolute Gasteiger partial charge is 0.244 e. The Labute approximate surface area is 139 Å². The molecule has 2 unspecified atom stereocenters. The Bertz CT molecular complexity index is 513. The molecule has 3 rings (SSSR count). The third-order valence-electron chi connectivity index (χ3n) is 5.18. The van der Waals surface area contributed by atoms with Gasteiger partial charge in [-0.1, -0.05) is 30.3 Å². The summed E-state index contributed by atoms with van der Waals surface area (Å²) in [5.74, 6) is 0.708. The first-order valence-electron chi connectivity index (χ1n) is 8.65. The van der Waals surface area contributed by atoms with Crippen LogP contribution in [-0.4, -0.2) is 73.5 Å². The molecule has 1 aromatic carbocycles. The van der Waals surface area contributed by atoms with Crippen LogP contribution in [0.3, 0.4) is 0 Å². The van der Waals surface area contributed by atoms with Gasteiger partial charge < -0.3 is 15.5 Å². The van der Waals surface area contributed by atoms with Crippen molar-refractivity contribution in [2.75, 3.05) is 52.9 Å². The Morgan fingerprint density at radius 3 is 2.48 bits per heavy atom. The van der Waals surface area contributed by atoms with Gasteiger partial charge in [-0.05, 0) is 31.5 Å². The van der Waals surface area contributed by atoms with Gasteiger partial charge in [0.25, 0.3) is 0 Å². The Morgan fingerprint density at radius 2 is 1.87 bits per heavy atom. The monoisotopic (exact) mass is 316 g/mol. The van der Waals surface area contributed by atoms with E-state index in [2.05, 4.69) is 29.0 Å². The minimum atomic E-state index is -0.151. The summed E-state index contributed by atoms with van der Waals surface area (Å²) in [6, 6.07) is 10.1. The lowest BCUT2D eigenvalue weighted by Gasteiger charge is -2.38. The van der Waals surface area contributed by atoms with Crippen molar-refractivity contribution < 1.29 is 4.79 Å². The number of rotatable bonds is 4. The number of piperazine rings is 1. The van der Waals surface area contributed by atoms with Gasteiger partial charge in [0, 0.05) is 39.3 Å². The van der Waals surface area contributed by atoms with Crippen molar-refractivity contribution in [3.8, 4) is 0 Å². The molecule has 5 nitrogen and oxygen atoms in total. The van der Waals surface area contributed by atoms with Crippen LogP contribution < -0.4 is 5.73 Å². The van der Waals surface area contributed by atoms with Crippen LogP contribution >= 0.6 is 0 Å². The van der Waals surface area contributed by atoms with Crippen LogP contribution in [0.4, 0.5) is 0 Å². The molecule has 2 fully saturated rings. The lowest BCUT2D eigenvalue weighted by molar-refractivity contribution is -0.137. The van der Waals surface area contributed by atoms with Crippen LogP contribution in [0.2, 0.25) is 0 Å². The van der Waals surface area contributed by atoms with Crippen molar-refractivity contribution in [3.05, 3.63) is 35.9 Å². The zero-order chi connectivity index (χ0) is 16.2. The van der Waals surface area contributed by atoms with Crippen LogP contribution in [0, 0.1) is 5.92 Å². The number of hydrogen-bond donors (Lipinski definition) is 1. The molecular weight excluding hydrogens is 288 g/mol. The van der Waals surface area contributed by atoms with E-state index in [0.717, 1.165) is 51.3 Å². The zero-order valence-corrected chi connectivity index (χ0v) is 14.0. The Kier molecular flexibility index (Phi) is 5.30. The van der Waals surface area contributed by atoms with Gasteiger partial charge in [0.1, 0.15) is 6.04 Å². The molecule has 5 heteroatoms. The summed E-state index contributed by atoms with van der Waals surface area (Å²) in [5, 5.41) is 0. The molecule has 1 aromatic rings. The van der Waals surface area contributed by atoms with Crippen molar-refractivity contribution in [1.29, 1.82) is 0 Å². The molecule has 0 spiro atoms. The fourth-order valence-electron chi connectivity index (χ4n) is 3.62. The Balaban J connectivity index is 1.79. The normalized spacial score (nSPS) is 24.8. The fraction of sp³-hybridized carbons (Fsp3) is 0.611. The summed E-state index contributed by atoms with van der Waals surface area (Å²) in [6.07, 6.45) is 1.03. The van der Waals surface area contributed by atoms with Gasteiger partial charge in [-0.15, -0.1) is 0 Å². The van der Waals surface area contributed by atoms with Crippen LogP contribution in [-0.2, 0) is 4.79 Å².